The number of carbonyl (C=O) groups excluding carboxylic acids is 5. The maximum Gasteiger partial charge on any atom is 0.293 e. The minimum absolute atomic E-state index is 0.0743. The Morgan fingerprint density at radius 3 is 2.25 bits per heavy atom. The van der Waals surface area contributed by atoms with Crippen LogP contribution in [0.25, 0.3) is 11.3 Å². The van der Waals surface area contributed by atoms with Gasteiger partial charge in [-0.15, -0.1) is 0 Å². The minimum Gasteiger partial charge on any atom is -0.392 e. The normalized spacial score (nSPS) is 22.8. The van der Waals surface area contributed by atoms with Gasteiger partial charge in [0.25, 0.3) is 23.3 Å². The van der Waals surface area contributed by atoms with Crippen LogP contribution in [0.2, 0.25) is 0 Å². The largest absolute Gasteiger partial charge is 0.392 e. The Hall–Kier alpha value is -7.18. The molecule has 8 heterocycles. The molecule has 3 N–H and O–H groups in total. The molecule has 3 aromatic heterocycles. The molecule has 3 fully saturated rings. The van der Waals surface area contributed by atoms with Gasteiger partial charge in [0.2, 0.25) is 11.8 Å². The molecule has 5 amide bonds. The maximum absolute atomic E-state index is 14.1. The highest BCUT2D eigenvalue weighted by molar-refractivity contribution is 6.23. The van der Waals surface area contributed by atoms with Crippen molar-refractivity contribution in [2.45, 2.75) is 117 Å². The summed E-state index contributed by atoms with van der Waals surface area (Å²) >= 11 is 0. The van der Waals surface area contributed by atoms with Crippen molar-refractivity contribution in [1.82, 2.24) is 34.2 Å². The molecule has 392 valence electrons. The number of benzene rings is 2. The second-order valence-electron chi connectivity index (χ2n) is 22.9. The molecule has 18 nitrogen and oxygen atoms in total. The molecule has 5 aromatic rings. The van der Waals surface area contributed by atoms with Crippen LogP contribution in [0.3, 0.4) is 0 Å². The first kappa shape index (κ1) is 50.0. The first-order chi connectivity index (χ1) is 35.9. The summed E-state index contributed by atoms with van der Waals surface area (Å²) in [5.74, 6) is -0.978. The SMILES string of the molecule is CC(C)C1CC(N2CCN(c3ccc(Nc4nc(-c5ccnc(N6CCn7c(cc8c7CC(C)(C)C8)C6=O)c5CO)cn(C)c4=O)cc3)[C@@H](C(C)C)C2)CCN1c1ccc2c(c1)C(=O)N(C1CCC(=O)NC1=O)C2=O. The van der Waals surface area contributed by atoms with Crippen molar-refractivity contribution < 1.29 is 29.1 Å². The number of amides is 5. The molecule has 0 saturated carbocycles. The average Bonchev–Trinajstić information content (AvgIpc) is 3.98. The van der Waals surface area contributed by atoms with Crippen molar-refractivity contribution in [3.63, 3.8) is 0 Å². The molecule has 4 atom stereocenters. The van der Waals surface area contributed by atoms with Crippen molar-refractivity contribution in [2.24, 2.45) is 24.3 Å². The smallest absolute Gasteiger partial charge is 0.293 e. The maximum atomic E-state index is 14.1. The van der Waals surface area contributed by atoms with Crippen molar-refractivity contribution in [3.8, 4) is 11.3 Å². The summed E-state index contributed by atoms with van der Waals surface area (Å²) in [4.78, 5) is 99.0. The number of aromatic nitrogens is 4. The number of pyridine rings is 1. The Kier molecular flexibility index (Phi) is 12.8. The van der Waals surface area contributed by atoms with Crippen LogP contribution in [0.4, 0.5) is 28.7 Å². The summed E-state index contributed by atoms with van der Waals surface area (Å²) < 4.78 is 3.63. The highest BCUT2D eigenvalue weighted by Crippen LogP contribution is 2.41. The number of piperazine rings is 1. The van der Waals surface area contributed by atoms with E-state index in [9.17, 15) is 33.9 Å². The molecular formula is C57H67N11O7. The van der Waals surface area contributed by atoms with Crippen molar-refractivity contribution in [1.29, 1.82) is 0 Å². The van der Waals surface area contributed by atoms with Gasteiger partial charge in [-0.2, -0.15) is 0 Å². The zero-order valence-electron chi connectivity index (χ0n) is 43.9. The van der Waals surface area contributed by atoms with E-state index in [1.807, 2.05) is 30.3 Å². The quantitative estimate of drug-likeness (QED) is 0.132. The molecule has 2 aromatic carbocycles. The predicted octanol–water partition coefficient (Wildman–Crippen LogP) is 5.91. The zero-order chi connectivity index (χ0) is 52.8. The van der Waals surface area contributed by atoms with Gasteiger partial charge in [0.15, 0.2) is 5.82 Å². The third kappa shape index (κ3) is 8.88. The van der Waals surface area contributed by atoms with Crippen LogP contribution in [0.1, 0.15) is 115 Å². The van der Waals surface area contributed by atoms with Gasteiger partial charge >= 0.3 is 0 Å². The Balaban J connectivity index is 0.758. The number of fused-ring (bicyclic) bond motifs is 4. The number of nitrogens with zero attached hydrogens (tertiary/aromatic N) is 9. The van der Waals surface area contributed by atoms with Gasteiger partial charge in [-0.3, -0.25) is 48.8 Å². The molecule has 0 bridgehead atoms. The van der Waals surface area contributed by atoms with Crippen molar-refractivity contribution in [3.05, 3.63) is 111 Å². The summed E-state index contributed by atoms with van der Waals surface area (Å²) in [5, 5.41) is 16.4. The molecule has 5 aliphatic heterocycles. The third-order valence-corrected chi connectivity index (χ3v) is 16.8. The fourth-order valence-electron chi connectivity index (χ4n) is 12.9. The Morgan fingerprint density at radius 2 is 1.52 bits per heavy atom. The highest BCUT2D eigenvalue weighted by atomic mass is 16.3. The van der Waals surface area contributed by atoms with E-state index in [1.54, 1.807) is 36.5 Å². The number of aryl methyl sites for hydroxylation is 1. The number of hydrogen-bond acceptors (Lipinski definition) is 13. The Bertz CT molecular complexity index is 3210. The number of hydrogen-bond donors (Lipinski definition) is 3. The van der Waals surface area contributed by atoms with E-state index in [-0.39, 0.29) is 59.8 Å². The average molecular weight is 1020 g/mol. The van der Waals surface area contributed by atoms with E-state index >= 15 is 0 Å². The molecule has 6 aliphatic rings. The molecule has 0 spiro atoms. The molecule has 18 heteroatoms. The van der Waals surface area contributed by atoms with E-state index < -0.39 is 29.7 Å². The summed E-state index contributed by atoms with van der Waals surface area (Å²) in [5.41, 5.74) is 7.72. The van der Waals surface area contributed by atoms with Crippen LogP contribution in [0.5, 0.6) is 0 Å². The monoisotopic (exact) mass is 1020 g/mol. The van der Waals surface area contributed by atoms with Crippen LogP contribution in [-0.4, -0.2) is 120 Å². The third-order valence-electron chi connectivity index (χ3n) is 16.8. The number of nitrogens with one attached hydrogen (secondary N) is 2. The zero-order valence-corrected chi connectivity index (χ0v) is 43.9. The van der Waals surface area contributed by atoms with Crippen LogP contribution in [-0.2, 0) is 42.6 Å². The van der Waals surface area contributed by atoms with E-state index in [1.165, 1.54) is 15.8 Å². The summed E-state index contributed by atoms with van der Waals surface area (Å²) in [6, 6.07) is 17.2. The van der Waals surface area contributed by atoms with E-state index in [4.69, 9.17) is 4.98 Å². The number of aliphatic hydroxyl groups is 1. The van der Waals surface area contributed by atoms with E-state index in [2.05, 4.69) is 88.6 Å². The fraction of sp³-hybridized carbons (Fsp3) is 0.474. The lowest BCUT2D eigenvalue weighted by Crippen LogP contribution is -2.60. The first-order valence-corrected chi connectivity index (χ1v) is 26.6. The van der Waals surface area contributed by atoms with Crippen LogP contribution >= 0.6 is 0 Å². The molecule has 3 unspecified atom stereocenters. The van der Waals surface area contributed by atoms with Gasteiger partial charge in [-0.1, -0.05) is 41.5 Å². The lowest BCUT2D eigenvalue weighted by molar-refractivity contribution is -0.136. The topological polar surface area (TPSA) is 199 Å². The minimum atomic E-state index is -1.00. The van der Waals surface area contributed by atoms with Gasteiger partial charge in [-0.25, -0.2) is 9.97 Å². The van der Waals surface area contributed by atoms with Crippen LogP contribution in [0, 0.1) is 17.3 Å². The van der Waals surface area contributed by atoms with Gasteiger partial charge in [-0.05, 0) is 110 Å². The molecule has 11 rings (SSSR count). The Labute approximate surface area is 436 Å². The lowest BCUT2D eigenvalue weighted by Gasteiger charge is -2.51. The van der Waals surface area contributed by atoms with Gasteiger partial charge in [0.05, 0.1) is 23.4 Å². The van der Waals surface area contributed by atoms with Gasteiger partial charge in [0, 0.05) is 117 Å². The number of imide groups is 2. The van der Waals surface area contributed by atoms with Gasteiger partial charge in [0.1, 0.15) is 17.6 Å². The second kappa shape index (κ2) is 19.2. The standard InChI is InChI=1S/C57H67N11O7/c1-32(2)45-26-37(17-19-64(45)38-12-13-40-41(25-38)54(73)68(53(40)72)44-14-15-49(70)61-52(44)71)63-20-21-65(48(30-63)33(3)4)36-10-8-35(9-11-36)59-50-56(75)62(7)29-43(60-50)39-16-18-58-51(42(39)31-69)67-23-22-66-46(55(67)74)24-34-27-57(5,6)28-47(34)66/h8-13,16,18,24-25,29,32-33,37,44-45,48,69H,14-15,17,19-23,26-28,30-31H2,1-7H3,(H,59,60)(H,61,70,71)/t37?,44?,45?,48-/m1/s1. The lowest BCUT2D eigenvalue weighted by atomic mass is 9.87. The summed E-state index contributed by atoms with van der Waals surface area (Å²) in [6.07, 6.45) is 7.20. The van der Waals surface area contributed by atoms with Gasteiger partial charge < -0.3 is 29.4 Å². The van der Waals surface area contributed by atoms with Crippen LogP contribution in [0.15, 0.2) is 71.8 Å². The molecular weight excluding hydrogens is 951 g/mol. The summed E-state index contributed by atoms with van der Waals surface area (Å²) in [6.45, 7) is 17.6. The van der Waals surface area contributed by atoms with E-state index in [0.717, 1.165) is 68.1 Å². The number of piperidine rings is 2. The second-order valence-corrected chi connectivity index (χ2v) is 22.9. The fourth-order valence-corrected chi connectivity index (χ4v) is 12.9. The van der Waals surface area contributed by atoms with Crippen molar-refractivity contribution >= 4 is 58.2 Å². The Morgan fingerprint density at radius 1 is 0.787 bits per heavy atom. The molecule has 0 radical (unpaired) electrons. The summed E-state index contributed by atoms with van der Waals surface area (Å²) in [7, 11) is 1.67. The van der Waals surface area contributed by atoms with Crippen molar-refractivity contribution in [2.75, 3.05) is 52.7 Å². The number of rotatable bonds is 11. The molecule has 3 saturated heterocycles. The molecule has 75 heavy (non-hydrogen) atoms. The van der Waals surface area contributed by atoms with E-state index in [0.29, 0.717) is 70.6 Å². The first-order valence-electron chi connectivity index (χ1n) is 26.6. The molecule has 1 aliphatic carbocycles. The number of aliphatic hydroxyl groups excluding tert-OH is 1. The predicted molar refractivity (Wildman–Crippen MR) is 285 cm³/mol. The number of anilines is 5. The van der Waals surface area contributed by atoms with Crippen LogP contribution < -0.4 is 30.9 Å². The highest BCUT2D eigenvalue weighted by Gasteiger charge is 2.46. The number of carbonyl (C=O) groups is 5.